The number of aliphatic hydroxyl groups excluding tert-OH is 1. The number of benzene rings is 1. The number of hydrogen-bond donors (Lipinski definition) is 2. The summed E-state index contributed by atoms with van der Waals surface area (Å²) in [7, 11) is 1.68. The number of aliphatic hydroxyl groups is 1. The van der Waals surface area contributed by atoms with Gasteiger partial charge >= 0.3 is 0 Å². The molecule has 1 aromatic rings. The topological polar surface area (TPSA) is 41.5 Å². The van der Waals surface area contributed by atoms with Gasteiger partial charge in [-0.1, -0.05) is 24.3 Å². The summed E-state index contributed by atoms with van der Waals surface area (Å²) in [5, 5.41) is 12.7. The molecule has 2 rings (SSSR count). The third kappa shape index (κ3) is 3.53. The first-order valence-electron chi connectivity index (χ1n) is 6.28. The van der Waals surface area contributed by atoms with E-state index >= 15 is 0 Å². The van der Waals surface area contributed by atoms with Crippen LogP contribution in [0.25, 0.3) is 0 Å². The summed E-state index contributed by atoms with van der Waals surface area (Å²) in [5.74, 6) is 0.758. The summed E-state index contributed by atoms with van der Waals surface area (Å²) < 4.78 is 5.00. The summed E-state index contributed by atoms with van der Waals surface area (Å²) in [6, 6.07) is 8.59. The Balaban J connectivity index is 1.99. The van der Waals surface area contributed by atoms with Crippen LogP contribution < -0.4 is 5.32 Å². The van der Waals surface area contributed by atoms with E-state index in [2.05, 4.69) is 29.6 Å². The molecule has 1 aliphatic rings. The van der Waals surface area contributed by atoms with E-state index in [4.69, 9.17) is 4.74 Å². The predicted molar refractivity (Wildman–Crippen MR) is 68.1 cm³/mol. The van der Waals surface area contributed by atoms with Gasteiger partial charge in [0.1, 0.15) is 0 Å². The van der Waals surface area contributed by atoms with Gasteiger partial charge in [0, 0.05) is 13.7 Å². The molecule has 1 atom stereocenters. The van der Waals surface area contributed by atoms with Crippen LogP contribution in [-0.2, 0) is 4.74 Å². The van der Waals surface area contributed by atoms with Gasteiger partial charge < -0.3 is 15.2 Å². The Bertz CT molecular complexity index is 350. The molecule has 0 amide bonds. The zero-order chi connectivity index (χ0) is 12.1. The first-order chi connectivity index (χ1) is 8.35. The average molecular weight is 235 g/mol. The monoisotopic (exact) mass is 235 g/mol. The highest BCUT2D eigenvalue weighted by Crippen LogP contribution is 2.40. The quantitative estimate of drug-likeness (QED) is 0.708. The van der Waals surface area contributed by atoms with Gasteiger partial charge in [-0.3, -0.25) is 0 Å². The molecule has 1 aromatic carbocycles. The minimum absolute atomic E-state index is 0.0175. The zero-order valence-electron chi connectivity index (χ0n) is 10.4. The first-order valence-corrected chi connectivity index (χ1v) is 6.28. The van der Waals surface area contributed by atoms with Crippen LogP contribution in [0.5, 0.6) is 0 Å². The second-order valence-corrected chi connectivity index (χ2v) is 4.63. The molecular formula is C14H21NO2. The van der Waals surface area contributed by atoms with Crippen molar-refractivity contribution in [3.05, 3.63) is 35.4 Å². The van der Waals surface area contributed by atoms with Gasteiger partial charge in [0.2, 0.25) is 0 Å². The molecule has 94 valence electrons. The van der Waals surface area contributed by atoms with E-state index in [9.17, 15) is 5.11 Å². The first kappa shape index (κ1) is 12.6. The molecule has 0 heterocycles. The van der Waals surface area contributed by atoms with E-state index < -0.39 is 0 Å². The third-order valence-electron chi connectivity index (χ3n) is 3.24. The summed E-state index contributed by atoms with van der Waals surface area (Å²) in [4.78, 5) is 0. The standard InChI is InChI=1S/C14H21NO2/c1-17-8-7-15-14(10-16)13-4-2-3-12(9-13)11-5-6-11/h2-4,9,11,14-16H,5-8,10H2,1H3. The molecular weight excluding hydrogens is 214 g/mol. The fraction of sp³-hybridized carbons (Fsp3) is 0.571. The Kier molecular flexibility index (Phi) is 4.54. The molecule has 1 fully saturated rings. The molecule has 1 saturated carbocycles. The summed E-state index contributed by atoms with van der Waals surface area (Å²) in [6.45, 7) is 1.55. The van der Waals surface area contributed by atoms with Crippen LogP contribution in [0.1, 0.15) is 35.9 Å². The Morgan fingerprint density at radius 1 is 1.47 bits per heavy atom. The lowest BCUT2D eigenvalue weighted by atomic mass is 10.0. The van der Waals surface area contributed by atoms with Crippen LogP contribution in [0.4, 0.5) is 0 Å². The lowest BCUT2D eigenvalue weighted by Gasteiger charge is -2.17. The van der Waals surface area contributed by atoms with Crippen LogP contribution in [0.2, 0.25) is 0 Å². The van der Waals surface area contributed by atoms with E-state index in [-0.39, 0.29) is 12.6 Å². The lowest BCUT2D eigenvalue weighted by molar-refractivity contribution is 0.184. The van der Waals surface area contributed by atoms with Crippen molar-refractivity contribution in [1.82, 2.24) is 5.32 Å². The molecule has 2 N–H and O–H groups in total. The number of nitrogens with one attached hydrogen (secondary N) is 1. The van der Waals surface area contributed by atoms with E-state index in [1.807, 2.05) is 0 Å². The predicted octanol–water partition coefficient (Wildman–Crippen LogP) is 1.83. The van der Waals surface area contributed by atoms with E-state index in [1.54, 1.807) is 7.11 Å². The minimum Gasteiger partial charge on any atom is -0.394 e. The van der Waals surface area contributed by atoms with Gasteiger partial charge in [0.05, 0.1) is 19.3 Å². The smallest absolute Gasteiger partial charge is 0.0626 e. The summed E-state index contributed by atoms with van der Waals surface area (Å²) in [5.41, 5.74) is 2.59. The largest absolute Gasteiger partial charge is 0.394 e. The van der Waals surface area contributed by atoms with E-state index in [0.717, 1.165) is 12.5 Å². The summed E-state index contributed by atoms with van der Waals surface area (Å²) >= 11 is 0. The molecule has 1 unspecified atom stereocenters. The average Bonchev–Trinajstić information content (AvgIpc) is 3.19. The second kappa shape index (κ2) is 6.15. The Morgan fingerprint density at radius 2 is 2.29 bits per heavy atom. The molecule has 0 saturated heterocycles. The normalized spacial score (nSPS) is 17.1. The van der Waals surface area contributed by atoms with Crippen LogP contribution >= 0.6 is 0 Å². The summed E-state index contributed by atoms with van der Waals surface area (Å²) in [6.07, 6.45) is 2.62. The second-order valence-electron chi connectivity index (χ2n) is 4.63. The number of methoxy groups -OCH3 is 1. The van der Waals surface area contributed by atoms with Crippen molar-refractivity contribution in [2.45, 2.75) is 24.8 Å². The molecule has 0 aliphatic heterocycles. The maximum atomic E-state index is 9.42. The van der Waals surface area contributed by atoms with Gasteiger partial charge in [-0.25, -0.2) is 0 Å². The highest BCUT2D eigenvalue weighted by atomic mass is 16.5. The Hall–Kier alpha value is -0.900. The van der Waals surface area contributed by atoms with Crippen molar-refractivity contribution in [2.75, 3.05) is 26.9 Å². The van der Waals surface area contributed by atoms with Crippen molar-refractivity contribution >= 4 is 0 Å². The molecule has 0 spiro atoms. The van der Waals surface area contributed by atoms with Crippen LogP contribution in [0.3, 0.4) is 0 Å². The van der Waals surface area contributed by atoms with Gasteiger partial charge in [-0.15, -0.1) is 0 Å². The van der Waals surface area contributed by atoms with Crippen molar-refractivity contribution in [3.8, 4) is 0 Å². The molecule has 17 heavy (non-hydrogen) atoms. The fourth-order valence-corrected chi connectivity index (χ4v) is 2.07. The molecule has 3 nitrogen and oxygen atoms in total. The van der Waals surface area contributed by atoms with Gasteiger partial charge in [0.25, 0.3) is 0 Å². The SMILES string of the molecule is COCCNC(CO)c1cccc(C2CC2)c1. The Labute approximate surface area is 103 Å². The van der Waals surface area contributed by atoms with Crippen LogP contribution in [0.15, 0.2) is 24.3 Å². The number of rotatable bonds is 7. The molecule has 0 radical (unpaired) electrons. The molecule has 0 aromatic heterocycles. The van der Waals surface area contributed by atoms with Crippen molar-refractivity contribution in [3.63, 3.8) is 0 Å². The lowest BCUT2D eigenvalue weighted by Crippen LogP contribution is -2.27. The number of ether oxygens (including phenoxy) is 1. The number of hydrogen-bond acceptors (Lipinski definition) is 3. The van der Waals surface area contributed by atoms with E-state index in [1.165, 1.54) is 24.0 Å². The highest BCUT2D eigenvalue weighted by Gasteiger charge is 2.24. The van der Waals surface area contributed by atoms with Crippen LogP contribution in [0, 0.1) is 0 Å². The maximum absolute atomic E-state index is 9.42. The molecule has 0 bridgehead atoms. The third-order valence-corrected chi connectivity index (χ3v) is 3.24. The molecule has 1 aliphatic carbocycles. The van der Waals surface area contributed by atoms with Crippen LogP contribution in [-0.4, -0.2) is 32.0 Å². The van der Waals surface area contributed by atoms with Crippen molar-refractivity contribution in [2.24, 2.45) is 0 Å². The fourth-order valence-electron chi connectivity index (χ4n) is 2.07. The van der Waals surface area contributed by atoms with Crippen molar-refractivity contribution < 1.29 is 9.84 Å². The molecule has 3 heteroatoms. The van der Waals surface area contributed by atoms with Gasteiger partial charge in [-0.2, -0.15) is 0 Å². The van der Waals surface area contributed by atoms with E-state index in [0.29, 0.717) is 6.61 Å². The Morgan fingerprint density at radius 3 is 2.94 bits per heavy atom. The minimum atomic E-state index is 0.0175. The highest BCUT2D eigenvalue weighted by molar-refractivity contribution is 5.31. The van der Waals surface area contributed by atoms with Gasteiger partial charge in [-0.05, 0) is 29.9 Å². The van der Waals surface area contributed by atoms with Gasteiger partial charge in [0.15, 0.2) is 0 Å². The maximum Gasteiger partial charge on any atom is 0.0626 e. The van der Waals surface area contributed by atoms with Crippen molar-refractivity contribution in [1.29, 1.82) is 0 Å². The zero-order valence-corrected chi connectivity index (χ0v) is 10.4.